The van der Waals surface area contributed by atoms with E-state index < -0.39 is 11.8 Å². The molecule has 2 amide bonds. The van der Waals surface area contributed by atoms with E-state index in [1.165, 1.54) is 6.20 Å². The van der Waals surface area contributed by atoms with E-state index in [-0.39, 0.29) is 27.0 Å². The Morgan fingerprint density at radius 3 is 2.32 bits per heavy atom. The van der Waals surface area contributed by atoms with Crippen molar-refractivity contribution in [1.29, 1.82) is 0 Å². The van der Waals surface area contributed by atoms with Gasteiger partial charge in [-0.2, -0.15) is 5.10 Å². The van der Waals surface area contributed by atoms with Crippen LogP contribution in [0.4, 0.5) is 17.1 Å². The number of nitrogens with one attached hydrogen (secondary N) is 3. The maximum Gasteiger partial charge on any atom is 0.278 e. The number of morpholine rings is 1. The Kier molecular flexibility index (Phi) is 6.41. The Bertz CT molecular complexity index is 1070. The number of carbonyl (C=O) groups excluding carboxylic acids is 2. The smallest absolute Gasteiger partial charge is 0.278 e. The number of ether oxygens (including phenoxy) is 1. The van der Waals surface area contributed by atoms with E-state index in [0.717, 1.165) is 18.8 Å². The van der Waals surface area contributed by atoms with Crippen molar-refractivity contribution >= 4 is 52.1 Å². The topological polar surface area (TPSA) is 99.3 Å². The second kappa shape index (κ2) is 9.38. The first-order valence-electron chi connectivity index (χ1n) is 9.56. The summed E-state index contributed by atoms with van der Waals surface area (Å²) in [5.74, 6) is -1.01. The highest BCUT2D eigenvalue weighted by Crippen LogP contribution is 2.26. The van der Waals surface area contributed by atoms with E-state index in [1.54, 1.807) is 18.2 Å². The standard InChI is InChI=1S/C21H19Cl2N5O3/c22-15-2-1-3-16(23)18(15)20(29)26-17-12-24-27-19(17)21(30)25-13-4-6-14(7-5-13)28-8-10-31-11-9-28/h1-7,12H,8-11H2,(H,24,27)(H,25,30)(H,26,29). The molecule has 8 nitrogen and oxygen atoms in total. The molecule has 160 valence electrons. The summed E-state index contributed by atoms with van der Waals surface area (Å²) in [4.78, 5) is 27.5. The first-order valence-corrected chi connectivity index (χ1v) is 10.3. The van der Waals surface area contributed by atoms with Crippen molar-refractivity contribution in [3.8, 4) is 0 Å². The highest BCUT2D eigenvalue weighted by molar-refractivity contribution is 6.40. The number of benzene rings is 2. The molecule has 1 aliphatic heterocycles. The van der Waals surface area contributed by atoms with E-state index in [9.17, 15) is 9.59 Å². The summed E-state index contributed by atoms with van der Waals surface area (Å²) in [5, 5.41) is 12.4. The van der Waals surface area contributed by atoms with Crippen LogP contribution < -0.4 is 15.5 Å². The number of halogens is 2. The van der Waals surface area contributed by atoms with Crippen LogP contribution in [0.3, 0.4) is 0 Å². The molecule has 0 bridgehead atoms. The van der Waals surface area contributed by atoms with Crippen molar-refractivity contribution in [1.82, 2.24) is 10.2 Å². The Labute approximate surface area is 188 Å². The van der Waals surface area contributed by atoms with Gasteiger partial charge in [-0.25, -0.2) is 0 Å². The zero-order valence-electron chi connectivity index (χ0n) is 16.3. The summed E-state index contributed by atoms with van der Waals surface area (Å²) in [5.41, 5.74) is 2.04. The maximum atomic E-state index is 12.7. The molecule has 2 aromatic carbocycles. The highest BCUT2D eigenvalue weighted by Gasteiger charge is 2.20. The molecule has 0 atom stereocenters. The zero-order chi connectivity index (χ0) is 21.8. The van der Waals surface area contributed by atoms with Gasteiger partial charge in [0.15, 0.2) is 5.69 Å². The van der Waals surface area contributed by atoms with Gasteiger partial charge in [-0.15, -0.1) is 0 Å². The molecule has 10 heteroatoms. The maximum absolute atomic E-state index is 12.7. The summed E-state index contributed by atoms with van der Waals surface area (Å²) in [6, 6.07) is 12.3. The average Bonchev–Trinajstić information content (AvgIpc) is 3.23. The molecule has 1 aromatic heterocycles. The number of hydrogen-bond acceptors (Lipinski definition) is 5. The van der Waals surface area contributed by atoms with Gasteiger partial charge in [0.1, 0.15) is 0 Å². The minimum Gasteiger partial charge on any atom is -0.378 e. The Morgan fingerprint density at radius 2 is 1.65 bits per heavy atom. The number of aromatic nitrogens is 2. The van der Waals surface area contributed by atoms with Gasteiger partial charge in [-0.1, -0.05) is 29.3 Å². The van der Waals surface area contributed by atoms with Gasteiger partial charge in [0.2, 0.25) is 0 Å². The summed E-state index contributed by atoms with van der Waals surface area (Å²) in [6.45, 7) is 3.06. The number of anilines is 3. The molecular weight excluding hydrogens is 441 g/mol. The predicted octanol–water partition coefficient (Wildman–Crippen LogP) is 4.06. The monoisotopic (exact) mass is 459 g/mol. The van der Waals surface area contributed by atoms with Gasteiger partial charge in [0, 0.05) is 30.7 Å². The van der Waals surface area contributed by atoms with Crippen LogP contribution in [0.5, 0.6) is 0 Å². The Morgan fingerprint density at radius 1 is 0.968 bits per heavy atom. The number of aromatic amines is 1. The zero-order valence-corrected chi connectivity index (χ0v) is 17.8. The van der Waals surface area contributed by atoms with Crippen LogP contribution in [0.2, 0.25) is 10.0 Å². The predicted molar refractivity (Wildman–Crippen MR) is 120 cm³/mol. The Hall–Kier alpha value is -3.07. The first-order chi connectivity index (χ1) is 15.0. The van der Waals surface area contributed by atoms with E-state index in [2.05, 4.69) is 25.7 Å². The van der Waals surface area contributed by atoms with Crippen LogP contribution in [0.25, 0.3) is 0 Å². The van der Waals surface area contributed by atoms with Crippen LogP contribution in [-0.2, 0) is 4.74 Å². The minimum absolute atomic E-state index is 0.0359. The Balaban J connectivity index is 1.44. The van der Waals surface area contributed by atoms with E-state index >= 15 is 0 Å². The van der Waals surface area contributed by atoms with Gasteiger partial charge in [-0.3, -0.25) is 14.7 Å². The summed E-state index contributed by atoms with van der Waals surface area (Å²) in [6.07, 6.45) is 1.42. The van der Waals surface area contributed by atoms with E-state index in [0.29, 0.717) is 18.9 Å². The van der Waals surface area contributed by atoms with Gasteiger partial charge < -0.3 is 20.3 Å². The molecule has 1 aliphatic rings. The molecule has 31 heavy (non-hydrogen) atoms. The lowest BCUT2D eigenvalue weighted by molar-refractivity contribution is 0.102. The number of nitrogens with zero attached hydrogens (tertiary/aromatic N) is 2. The van der Waals surface area contributed by atoms with Crippen molar-refractivity contribution in [2.45, 2.75) is 0 Å². The first kappa shape index (κ1) is 21.2. The van der Waals surface area contributed by atoms with Gasteiger partial charge in [0.25, 0.3) is 11.8 Å². The van der Waals surface area contributed by atoms with Crippen molar-refractivity contribution in [3.63, 3.8) is 0 Å². The molecule has 3 N–H and O–H groups in total. The summed E-state index contributed by atoms with van der Waals surface area (Å²) < 4.78 is 5.37. The average molecular weight is 460 g/mol. The lowest BCUT2D eigenvalue weighted by Gasteiger charge is -2.28. The largest absolute Gasteiger partial charge is 0.378 e. The normalized spacial score (nSPS) is 13.7. The number of hydrogen-bond donors (Lipinski definition) is 3. The number of H-pyrrole nitrogens is 1. The van der Waals surface area contributed by atoms with Crippen molar-refractivity contribution in [2.75, 3.05) is 41.8 Å². The van der Waals surface area contributed by atoms with E-state index in [4.69, 9.17) is 27.9 Å². The number of rotatable bonds is 5. The number of carbonyl (C=O) groups is 2. The third kappa shape index (κ3) is 4.82. The van der Waals surface area contributed by atoms with Crippen LogP contribution in [0.1, 0.15) is 20.8 Å². The van der Waals surface area contributed by atoms with Gasteiger partial charge in [0.05, 0.1) is 34.5 Å². The fourth-order valence-electron chi connectivity index (χ4n) is 3.23. The molecule has 3 aromatic rings. The molecule has 0 spiro atoms. The molecular formula is C21H19Cl2N5O3. The van der Waals surface area contributed by atoms with Crippen molar-refractivity contribution in [2.24, 2.45) is 0 Å². The molecule has 1 saturated heterocycles. The molecule has 1 fully saturated rings. The molecule has 0 unspecified atom stereocenters. The van der Waals surface area contributed by atoms with Crippen LogP contribution in [-0.4, -0.2) is 48.3 Å². The molecule has 4 rings (SSSR count). The van der Waals surface area contributed by atoms with Crippen LogP contribution in [0, 0.1) is 0 Å². The second-order valence-corrected chi connectivity index (χ2v) is 7.61. The lowest BCUT2D eigenvalue weighted by Crippen LogP contribution is -2.36. The summed E-state index contributed by atoms with van der Waals surface area (Å²) in [7, 11) is 0. The molecule has 2 heterocycles. The minimum atomic E-state index is -0.541. The molecule has 0 aliphatic carbocycles. The fraction of sp³-hybridized carbons (Fsp3) is 0.190. The van der Waals surface area contributed by atoms with Crippen LogP contribution >= 0.6 is 23.2 Å². The highest BCUT2D eigenvalue weighted by atomic mass is 35.5. The quantitative estimate of drug-likeness (QED) is 0.534. The third-order valence-corrected chi connectivity index (χ3v) is 5.42. The van der Waals surface area contributed by atoms with Gasteiger partial charge in [-0.05, 0) is 36.4 Å². The van der Waals surface area contributed by atoms with E-state index in [1.807, 2.05) is 24.3 Å². The van der Waals surface area contributed by atoms with Gasteiger partial charge >= 0.3 is 0 Å². The van der Waals surface area contributed by atoms with Crippen molar-refractivity contribution in [3.05, 3.63) is 70.0 Å². The second-order valence-electron chi connectivity index (χ2n) is 6.80. The molecule has 0 saturated carbocycles. The third-order valence-electron chi connectivity index (χ3n) is 4.79. The SMILES string of the molecule is O=C(Nc1ccc(N2CCOCC2)cc1)c1n[nH]cc1NC(=O)c1c(Cl)cccc1Cl. The number of amides is 2. The van der Waals surface area contributed by atoms with Crippen molar-refractivity contribution < 1.29 is 14.3 Å². The fourth-order valence-corrected chi connectivity index (χ4v) is 3.79. The summed E-state index contributed by atoms with van der Waals surface area (Å²) >= 11 is 12.2. The molecule has 0 radical (unpaired) electrons. The lowest BCUT2D eigenvalue weighted by atomic mass is 10.2. The van der Waals surface area contributed by atoms with Crippen LogP contribution in [0.15, 0.2) is 48.7 Å².